The van der Waals surface area contributed by atoms with E-state index < -0.39 is 0 Å². The number of unbranched alkanes of at least 4 members (excludes halogenated alkanes) is 14. The first-order chi connectivity index (χ1) is 17.5. The molecule has 2 aromatic rings. The molecule has 8 nitrogen and oxygen atoms in total. The minimum atomic E-state index is -0.376. The van der Waals surface area contributed by atoms with E-state index in [2.05, 4.69) is 21.9 Å². The highest BCUT2D eigenvalue weighted by molar-refractivity contribution is 5.78. The zero-order valence-electron chi connectivity index (χ0n) is 22.5. The maximum Gasteiger partial charge on any atom is 0.280 e. The first kappa shape index (κ1) is 30.0. The Kier molecular flexibility index (Phi) is 15.1. The zero-order valence-corrected chi connectivity index (χ0v) is 22.5. The number of aromatic nitrogens is 4. The fourth-order valence-electron chi connectivity index (χ4n) is 4.94. The van der Waals surface area contributed by atoms with Gasteiger partial charge in [0.1, 0.15) is 5.78 Å². The van der Waals surface area contributed by atoms with Gasteiger partial charge >= 0.3 is 0 Å². The van der Waals surface area contributed by atoms with Crippen molar-refractivity contribution in [3.63, 3.8) is 0 Å². The number of ketones is 1. The number of H-pyrrole nitrogens is 1. The number of hydrogen-bond acceptors (Lipinski definition) is 6. The molecule has 2 heterocycles. The molecule has 8 heteroatoms. The highest BCUT2D eigenvalue weighted by atomic mass is 16.3. The second kappa shape index (κ2) is 18.1. The lowest BCUT2D eigenvalue weighted by Gasteiger charge is -2.16. The van der Waals surface area contributed by atoms with Crippen LogP contribution < -0.4 is 11.3 Å². The number of imidazole rings is 1. The van der Waals surface area contributed by atoms with Crippen molar-refractivity contribution < 1.29 is 9.90 Å². The number of anilines is 1. The molecule has 0 unspecified atom stereocenters. The fourth-order valence-corrected chi connectivity index (χ4v) is 4.94. The minimum Gasteiger partial charge on any atom is -0.396 e. The van der Waals surface area contributed by atoms with Crippen LogP contribution in [0.2, 0.25) is 0 Å². The average Bonchev–Trinajstić information content (AvgIpc) is 3.24. The topological polar surface area (TPSA) is 127 Å². The van der Waals surface area contributed by atoms with Gasteiger partial charge in [0.25, 0.3) is 5.56 Å². The summed E-state index contributed by atoms with van der Waals surface area (Å²) in [5.41, 5.74) is 5.94. The molecule has 2 rings (SSSR count). The van der Waals surface area contributed by atoms with E-state index in [9.17, 15) is 14.7 Å². The number of nitrogen functional groups attached to an aromatic ring is 1. The van der Waals surface area contributed by atoms with E-state index in [4.69, 9.17) is 5.73 Å². The Hall–Kier alpha value is -2.22. The Morgan fingerprint density at radius 3 is 2.08 bits per heavy atom. The molecule has 0 aromatic carbocycles. The molecule has 0 radical (unpaired) electrons. The van der Waals surface area contributed by atoms with Gasteiger partial charge in [-0.3, -0.25) is 14.6 Å². The van der Waals surface area contributed by atoms with Crippen LogP contribution in [0.5, 0.6) is 0 Å². The van der Waals surface area contributed by atoms with Gasteiger partial charge in [0.15, 0.2) is 11.2 Å². The number of nitrogens with two attached hydrogens (primary N) is 1. The van der Waals surface area contributed by atoms with E-state index in [-0.39, 0.29) is 35.3 Å². The molecule has 36 heavy (non-hydrogen) atoms. The largest absolute Gasteiger partial charge is 0.396 e. The van der Waals surface area contributed by atoms with E-state index in [1.54, 1.807) is 10.9 Å². The number of aromatic amines is 1. The van der Waals surface area contributed by atoms with Gasteiger partial charge < -0.3 is 15.4 Å². The van der Waals surface area contributed by atoms with Gasteiger partial charge in [-0.2, -0.15) is 4.98 Å². The van der Waals surface area contributed by atoms with E-state index in [1.165, 1.54) is 83.5 Å². The summed E-state index contributed by atoms with van der Waals surface area (Å²) in [5, 5.41) is 9.47. The molecule has 2 aromatic heterocycles. The van der Waals surface area contributed by atoms with Gasteiger partial charge in [-0.25, -0.2) is 4.98 Å². The number of Topliss-reactive ketones (excluding diaryl/α,β-unsaturated/α-hetero) is 1. The van der Waals surface area contributed by atoms with Crippen LogP contribution >= 0.6 is 0 Å². The van der Waals surface area contributed by atoms with Crippen LogP contribution in [0, 0.1) is 5.92 Å². The maximum absolute atomic E-state index is 12.6. The molecular formula is C28H49N5O3. The number of carbonyl (C=O) groups is 1. The highest BCUT2D eigenvalue weighted by Gasteiger charge is 2.17. The summed E-state index contributed by atoms with van der Waals surface area (Å²) < 4.78 is 1.75. The summed E-state index contributed by atoms with van der Waals surface area (Å²) in [4.78, 5) is 35.3. The van der Waals surface area contributed by atoms with Crippen molar-refractivity contribution >= 4 is 22.9 Å². The van der Waals surface area contributed by atoms with Crippen molar-refractivity contribution in [1.82, 2.24) is 19.5 Å². The standard InChI is InChI=1S/C28H49N5O3/c1-2-3-4-5-6-7-8-9-10-11-12-13-14-15-16-17-24(35)20-23(18-19-34)21-33-22-30-25-26(33)31-28(29)32-27(25)36/h22-23,34H,2-21H2,1H3,(H3,29,31,32,36)/t23-/m1/s1. The normalized spacial score (nSPS) is 12.4. The van der Waals surface area contributed by atoms with Gasteiger partial charge in [-0.05, 0) is 18.8 Å². The maximum atomic E-state index is 12.6. The summed E-state index contributed by atoms with van der Waals surface area (Å²) in [7, 11) is 0. The summed E-state index contributed by atoms with van der Waals surface area (Å²) in [5.74, 6) is 0.244. The number of hydrogen-bond donors (Lipinski definition) is 3. The van der Waals surface area contributed by atoms with Crippen LogP contribution in [0.3, 0.4) is 0 Å². The minimum absolute atomic E-state index is 0.0136. The molecule has 4 N–H and O–H groups in total. The molecule has 0 amide bonds. The third-order valence-electron chi connectivity index (χ3n) is 7.06. The number of nitrogens with one attached hydrogen (secondary N) is 1. The van der Waals surface area contributed by atoms with Crippen LogP contribution in [0.4, 0.5) is 5.95 Å². The molecular weight excluding hydrogens is 454 g/mol. The molecule has 204 valence electrons. The van der Waals surface area contributed by atoms with Crippen LogP contribution in [0.15, 0.2) is 11.1 Å². The van der Waals surface area contributed by atoms with Crippen LogP contribution in [-0.2, 0) is 11.3 Å². The fraction of sp³-hybridized carbons (Fsp3) is 0.786. The SMILES string of the molecule is CCCCCCCCCCCCCCCCCC(=O)C[C@@H](CCO)Cn1cnc2c(=O)[nH]c(N)nc21. The number of aliphatic hydroxyl groups excluding tert-OH is 1. The predicted molar refractivity (Wildman–Crippen MR) is 147 cm³/mol. The van der Waals surface area contributed by atoms with Crippen molar-refractivity contribution in [2.24, 2.45) is 5.92 Å². The number of rotatable bonds is 22. The van der Waals surface area contributed by atoms with Crippen molar-refractivity contribution in [1.29, 1.82) is 0 Å². The quantitative estimate of drug-likeness (QED) is 0.171. The first-order valence-corrected chi connectivity index (χ1v) is 14.4. The van der Waals surface area contributed by atoms with Crippen LogP contribution in [-0.4, -0.2) is 37.0 Å². The number of carbonyl (C=O) groups excluding carboxylic acids is 1. The summed E-state index contributed by atoms with van der Waals surface area (Å²) >= 11 is 0. The molecule has 0 spiro atoms. The van der Waals surface area contributed by atoms with Gasteiger partial charge in [-0.1, -0.05) is 96.8 Å². The van der Waals surface area contributed by atoms with Crippen LogP contribution in [0.25, 0.3) is 11.2 Å². The summed E-state index contributed by atoms with van der Waals surface area (Å²) in [6, 6.07) is 0. The lowest BCUT2D eigenvalue weighted by molar-refractivity contribution is -0.120. The molecule has 0 aliphatic carbocycles. The third kappa shape index (κ3) is 11.7. The molecule has 0 saturated carbocycles. The molecule has 0 aliphatic rings. The molecule has 0 bridgehead atoms. The Labute approximate surface area is 216 Å². The van der Waals surface area contributed by atoms with Crippen molar-refractivity contribution in [3.05, 3.63) is 16.7 Å². The number of fused-ring (bicyclic) bond motifs is 1. The monoisotopic (exact) mass is 503 g/mol. The molecule has 0 saturated heterocycles. The number of aliphatic hydroxyl groups is 1. The number of nitrogens with zero attached hydrogens (tertiary/aromatic N) is 3. The van der Waals surface area contributed by atoms with Crippen molar-refractivity contribution in [2.45, 2.75) is 129 Å². The predicted octanol–water partition coefficient (Wildman–Crippen LogP) is 5.92. The lowest BCUT2D eigenvalue weighted by Crippen LogP contribution is -2.18. The van der Waals surface area contributed by atoms with Gasteiger partial charge in [0.2, 0.25) is 5.95 Å². The van der Waals surface area contributed by atoms with Crippen molar-refractivity contribution in [3.8, 4) is 0 Å². The summed E-state index contributed by atoms with van der Waals surface area (Å²) in [6.07, 6.45) is 22.7. The lowest BCUT2D eigenvalue weighted by atomic mass is 9.96. The van der Waals surface area contributed by atoms with E-state index in [0.717, 1.165) is 12.8 Å². The zero-order chi connectivity index (χ0) is 26.0. The molecule has 1 atom stereocenters. The average molecular weight is 504 g/mol. The summed E-state index contributed by atoms with van der Waals surface area (Å²) in [6.45, 7) is 2.75. The molecule has 0 aliphatic heterocycles. The Balaban J connectivity index is 1.54. The molecule has 0 fully saturated rings. The second-order valence-corrected chi connectivity index (χ2v) is 10.3. The van der Waals surface area contributed by atoms with Crippen LogP contribution in [0.1, 0.15) is 122 Å². The van der Waals surface area contributed by atoms with E-state index in [0.29, 0.717) is 31.5 Å². The van der Waals surface area contributed by atoms with E-state index in [1.807, 2.05) is 0 Å². The Morgan fingerprint density at radius 2 is 1.53 bits per heavy atom. The van der Waals surface area contributed by atoms with Crippen molar-refractivity contribution in [2.75, 3.05) is 12.3 Å². The highest BCUT2D eigenvalue weighted by Crippen LogP contribution is 2.18. The van der Waals surface area contributed by atoms with Gasteiger partial charge in [0.05, 0.1) is 6.33 Å². The van der Waals surface area contributed by atoms with E-state index >= 15 is 0 Å². The Morgan fingerprint density at radius 1 is 0.972 bits per heavy atom. The van der Waals surface area contributed by atoms with Gasteiger partial charge in [0, 0.05) is 26.0 Å². The Bertz CT molecular complexity index is 924. The second-order valence-electron chi connectivity index (χ2n) is 10.3. The third-order valence-corrected chi connectivity index (χ3v) is 7.06. The smallest absolute Gasteiger partial charge is 0.280 e. The van der Waals surface area contributed by atoms with Gasteiger partial charge in [-0.15, -0.1) is 0 Å². The first-order valence-electron chi connectivity index (χ1n) is 14.4.